The summed E-state index contributed by atoms with van der Waals surface area (Å²) in [5.74, 6) is 1.11. The van der Waals surface area contributed by atoms with Crippen LogP contribution >= 0.6 is 0 Å². The molecule has 108 valence electrons. The van der Waals surface area contributed by atoms with Crippen molar-refractivity contribution in [2.24, 2.45) is 17.3 Å². The number of nitrogens with zero attached hydrogens (tertiary/aromatic N) is 1. The van der Waals surface area contributed by atoms with Gasteiger partial charge in [0.15, 0.2) is 0 Å². The van der Waals surface area contributed by atoms with Gasteiger partial charge in [-0.1, -0.05) is 41.5 Å². The van der Waals surface area contributed by atoms with Crippen molar-refractivity contribution in [2.45, 2.75) is 54.4 Å². The first-order valence-corrected chi connectivity index (χ1v) is 7.01. The number of rotatable bonds is 9. The van der Waals surface area contributed by atoms with E-state index in [1.807, 2.05) is 26.0 Å². The molecule has 0 aliphatic carbocycles. The van der Waals surface area contributed by atoms with Crippen molar-refractivity contribution >= 4 is 5.78 Å². The largest absolute Gasteiger partial charge is 0.299 e. The molecular weight excluding hydrogens is 226 g/mol. The number of Topliss-reactive ketones (excluding diaryl/α,β-unsaturated/α-hetero) is 1. The minimum atomic E-state index is -0.0898. The summed E-state index contributed by atoms with van der Waals surface area (Å²) < 4.78 is 0. The lowest BCUT2D eigenvalue weighted by Gasteiger charge is -2.27. The normalized spacial score (nSPS) is 12.8. The van der Waals surface area contributed by atoms with Crippen molar-refractivity contribution in [1.82, 2.24) is 5.06 Å². The van der Waals surface area contributed by atoms with Gasteiger partial charge in [0.2, 0.25) is 0 Å². The van der Waals surface area contributed by atoms with E-state index in [-0.39, 0.29) is 11.3 Å². The van der Waals surface area contributed by atoms with Crippen molar-refractivity contribution in [2.75, 3.05) is 20.2 Å². The first-order chi connectivity index (χ1) is 8.14. The van der Waals surface area contributed by atoms with E-state index in [4.69, 9.17) is 4.84 Å². The standard InChI is InChI=1S/C15H31NO2/c1-12(2)8-9-16(7)18-11-15(5,6)10-14(17)13(3)4/h12-13H,8-11H2,1-7H3. The third kappa shape index (κ3) is 8.65. The van der Waals surface area contributed by atoms with Crippen LogP contribution in [0.4, 0.5) is 0 Å². The fraction of sp³-hybridized carbons (Fsp3) is 0.933. The molecule has 3 heteroatoms. The number of carbonyl (C=O) groups excluding carboxylic acids is 1. The van der Waals surface area contributed by atoms with Gasteiger partial charge in [-0.2, -0.15) is 5.06 Å². The maximum absolute atomic E-state index is 11.7. The smallest absolute Gasteiger partial charge is 0.136 e. The van der Waals surface area contributed by atoms with E-state index in [0.717, 1.165) is 13.0 Å². The van der Waals surface area contributed by atoms with Crippen molar-refractivity contribution in [3.05, 3.63) is 0 Å². The summed E-state index contributed by atoms with van der Waals surface area (Å²) in [5, 5.41) is 1.89. The molecule has 0 aromatic rings. The Kier molecular flexibility index (Phi) is 7.72. The minimum absolute atomic E-state index is 0.0898. The molecule has 0 aromatic carbocycles. The molecular formula is C15H31NO2. The van der Waals surface area contributed by atoms with Gasteiger partial charge < -0.3 is 0 Å². The Morgan fingerprint density at radius 2 is 1.78 bits per heavy atom. The van der Waals surface area contributed by atoms with Crippen molar-refractivity contribution < 1.29 is 9.63 Å². The van der Waals surface area contributed by atoms with Crippen molar-refractivity contribution in [3.63, 3.8) is 0 Å². The number of hydrogen-bond donors (Lipinski definition) is 0. The molecule has 0 rings (SSSR count). The first kappa shape index (κ1) is 17.6. The highest BCUT2D eigenvalue weighted by Crippen LogP contribution is 2.23. The molecule has 0 radical (unpaired) electrons. The van der Waals surface area contributed by atoms with E-state index in [1.54, 1.807) is 0 Å². The Morgan fingerprint density at radius 3 is 2.22 bits per heavy atom. The number of ketones is 1. The minimum Gasteiger partial charge on any atom is -0.299 e. The summed E-state index contributed by atoms with van der Waals surface area (Å²) in [6.07, 6.45) is 1.71. The van der Waals surface area contributed by atoms with Crippen LogP contribution in [-0.2, 0) is 9.63 Å². The fourth-order valence-corrected chi connectivity index (χ4v) is 1.52. The summed E-state index contributed by atoms with van der Waals surface area (Å²) in [5.41, 5.74) is -0.0898. The summed E-state index contributed by atoms with van der Waals surface area (Å²) in [7, 11) is 1.96. The highest BCUT2D eigenvalue weighted by molar-refractivity contribution is 5.80. The second-order valence-corrected chi connectivity index (χ2v) is 6.77. The third-order valence-electron chi connectivity index (χ3n) is 2.99. The average molecular weight is 257 g/mol. The van der Waals surface area contributed by atoms with Gasteiger partial charge in [0, 0.05) is 25.9 Å². The summed E-state index contributed by atoms with van der Waals surface area (Å²) in [6, 6.07) is 0. The van der Waals surface area contributed by atoms with E-state index in [2.05, 4.69) is 27.7 Å². The van der Waals surface area contributed by atoms with Crippen LogP contribution < -0.4 is 0 Å². The van der Waals surface area contributed by atoms with Gasteiger partial charge in [0.05, 0.1) is 6.61 Å². The molecule has 0 atom stereocenters. The Morgan fingerprint density at radius 1 is 1.22 bits per heavy atom. The maximum atomic E-state index is 11.7. The van der Waals surface area contributed by atoms with E-state index in [1.165, 1.54) is 0 Å². The van der Waals surface area contributed by atoms with E-state index in [0.29, 0.717) is 24.7 Å². The first-order valence-electron chi connectivity index (χ1n) is 7.01. The molecule has 0 fully saturated rings. The monoisotopic (exact) mass is 257 g/mol. The van der Waals surface area contributed by atoms with Gasteiger partial charge in [-0.15, -0.1) is 0 Å². The zero-order valence-corrected chi connectivity index (χ0v) is 13.2. The third-order valence-corrected chi connectivity index (χ3v) is 2.99. The van der Waals surface area contributed by atoms with Crippen LogP contribution in [0.15, 0.2) is 0 Å². The molecule has 0 spiro atoms. The highest BCUT2D eigenvalue weighted by atomic mass is 16.7. The molecule has 3 nitrogen and oxygen atoms in total. The molecule has 0 aromatic heterocycles. The van der Waals surface area contributed by atoms with E-state index >= 15 is 0 Å². The summed E-state index contributed by atoms with van der Waals surface area (Å²) in [4.78, 5) is 17.5. The Balaban J connectivity index is 3.98. The van der Waals surface area contributed by atoms with Gasteiger partial charge in [-0.3, -0.25) is 9.63 Å². The molecule has 0 aliphatic rings. The van der Waals surface area contributed by atoms with Gasteiger partial charge >= 0.3 is 0 Å². The molecule has 0 aliphatic heterocycles. The lowest BCUT2D eigenvalue weighted by atomic mass is 9.85. The van der Waals surface area contributed by atoms with Gasteiger partial charge in [-0.25, -0.2) is 0 Å². The number of hydroxylamine groups is 2. The van der Waals surface area contributed by atoms with Crippen LogP contribution in [0.2, 0.25) is 0 Å². The molecule has 18 heavy (non-hydrogen) atoms. The van der Waals surface area contributed by atoms with Crippen LogP contribution in [0, 0.1) is 17.3 Å². The van der Waals surface area contributed by atoms with Crippen LogP contribution in [0.3, 0.4) is 0 Å². The molecule has 0 saturated heterocycles. The highest BCUT2D eigenvalue weighted by Gasteiger charge is 2.24. The molecule has 0 N–H and O–H groups in total. The summed E-state index contributed by atoms with van der Waals surface area (Å²) >= 11 is 0. The zero-order valence-electron chi connectivity index (χ0n) is 13.2. The quantitative estimate of drug-likeness (QED) is 0.592. The lowest BCUT2D eigenvalue weighted by molar-refractivity contribution is -0.167. The van der Waals surface area contributed by atoms with Crippen LogP contribution in [-0.4, -0.2) is 31.0 Å². The Bertz CT molecular complexity index is 247. The molecule has 0 unspecified atom stereocenters. The molecule has 0 heterocycles. The zero-order chi connectivity index (χ0) is 14.3. The summed E-state index contributed by atoms with van der Waals surface area (Å²) in [6.45, 7) is 14.0. The second kappa shape index (κ2) is 7.90. The average Bonchev–Trinajstić information content (AvgIpc) is 2.22. The molecule has 0 bridgehead atoms. The van der Waals surface area contributed by atoms with Crippen molar-refractivity contribution in [1.29, 1.82) is 0 Å². The van der Waals surface area contributed by atoms with Crippen LogP contribution in [0.5, 0.6) is 0 Å². The lowest BCUT2D eigenvalue weighted by Crippen LogP contribution is -2.31. The number of hydrogen-bond acceptors (Lipinski definition) is 3. The van der Waals surface area contributed by atoms with Gasteiger partial charge in [-0.05, 0) is 17.8 Å². The molecule has 0 amide bonds. The van der Waals surface area contributed by atoms with Crippen LogP contribution in [0.25, 0.3) is 0 Å². The predicted molar refractivity (Wildman–Crippen MR) is 76.3 cm³/mol. The van der Waals surface area contributed by atoms with Gasteiger partial charge in [0.25, 0.3) is 0 Å². The topological polar surface area (TPSA) is 29.5 Å². The Hall–Kier alpha value is -0.410. The maximum Gasteiger partial charge on any atom is 0.136 e. The second-order valence-electron chi connectivity index (χ2n) is 6.77. The van der Waals surface area contributed by atoms with Crippen LogP contribution in [0.1, 0.15) is 54.4 Å². The number of carbonyl (C=O) groups is 1. The molecule has 0 saturated carbocycles. The van der Waals surface area contributed by atoms with E-state index < -0.39 is 0 Å². The SMILES string of the molecule is CC(C)CCN(C)OCC(C)(C)CC(=O)C(C)C. The van der Waals surface area contributed by atoms with Crippen molar-refractivity contribution in [3.8, 4) is 0 Å². The fourth-order valence-electron chi connectivity index (χ4n) is 1.52. The van der Waals surface area contributed by atoms with E-state index in [9.17, 15) is 4.79 Å². The predicted octanol–water partition coefficient (Wildman–Crippen LogP) is 3.54. The van der Waals surface area contributed by atoms with Gasteiger partial charge in [0.1, 0.15) is 5.78 Å². The Labute approximate surface area is 113 Å².